The van der Waals surface area contributed by atoms with Crippen LogP contribution in [0.4, 0.5) is 5.82 Å². The molecule has 3 aromatic rings. The number of thiazole rings is 1. The number of carbonyl (C=O) groups is 1. The highest BCUT2D eigenvalue weighted by Gasteiger charge is 2.31. The van der Waals surface area contributed by atoms with Crippen LogP contribution in [-0.4, -0.2) is 20.7 Å². The van der Waals surface area contributed by atoms with Crippen molar-refractivity contribution in [2.24, 2.45) is 0 Å². The number of halogens is 1. The van der Waals surface area contributed by atoms with E-state index in [9.17, 15) is 4.79 Å². The first-order chi connectivity index (χ1) is 11.6. The van der Waals surface area contributed by atoms with E-state index >= 15 is 0 Å². The highest BCUT2D eigenvalue weighted by atomic mass is 35.5. The molecular formula is C17H15ClN4OS. The molecule has 1 amide bonds. The lowest BCUT2D eigenvalue weighted by Gasteiger charge is -2.22. The van der Waals surface area contributed by atoms with Crippen LogP contribution in [0, 0.1) is 6.92 Å². The van der Waals surface area contributed by atoms with E-state index in [0.29, 0.717) is 18.0 Å². The van der Waals surface area contributed by atoms with Gasteiger partial charge in [0.2, 0.25) is 5.91 Å². The fourth-order valence-electron chi connectivity index (χ4n) is 2.97. The molecule has 1 unspecified atom stereocenters. The van der Waals surface area contributed by atoms with Crippen LogP contribution in [0.1, 0.15) is 33.4 Å². The second-order valence-electron chi connectivity index (χ2n) is 5.78. The molecule has 24 heavy (non-hydrogen) atoms. The molecule has 122 valence electrons. The van der Waals surface area contributed by atoms with Crippen molar-refractivity contribution in [2.75, 3.05) is 5.32 Å². The Kier molecular flexibility index (Phi) is 3.86. The van der Waals surface area contributed by atoms with Gasteiger partial charge in [0.15, 0.2) is 0 Å². The minimum Gasteiger partial charge on any atom is -0.311 e. The van der Waals surface area contributed by atoms with Crippen LogP contribution >= 0.6 is 22.9 Å². The maximum Gasteiger partial charge on any atom is 0.226 e. The molecule has 2 aromatic heterocycles. The van der Waals surface area contributed by atoms with Crippen molar-refractivity contribution in [2.45, 2.75) is 25.8 Å². The van der Waals surface area contributed by atoms with Crippen LogP contribution in [0.3, 0.4) is 0 Å². The maximum absolute atomic E-state index is 12.2. The first-order valence-corrected chi connectivity index (χ1v) is 8.82. The quantitative estimate of drug-likeness (QED) is 0.774. The number of anilines is 1. The average molecular weight is 359 g/mol. The molecule has 1 aliphatic rings. The van der Waals surface area contributed by atoms with Crippen molar-refractivity contribution in [3.05, 3.63) is 62.7 Å². The maximum atomic E-state index is 12.2. The van der Waals surface area contributed by atoms with Crippen LogP contribution in [0.5, 0.6) is 0 Å². The van der Waals surface area contributed by atoms with Crippen molar-refractivity contribution in [3.8, 4) is 0 Å². The number of amides is 1. The Morgan fingerprint density at radius 3 is 2.96 bits per heavy atom. The normalized spacial score (nSPS) is 16.8. The zero-order chi connectivity index (χ0) is 16.7. The Hall–Kier alpha value is -2.18. The molecule has 0 saturated carbocycles. The Morgan fingerprint density at radius 2 is 2.21 bits per heavy atom. The van der Waals surface area contributed by atoms with Crippen molar-refractivity contribution in [3.63, 3.8) is 0 Å². The number of aromatic nitrogens is 3. The van der Waals surface area contributed by atoms with Gasteiger partial charge >= 0.3 is 0 Å². The van der Waals surface area contributed by atoms with E-state index in [0.717, 1.165) is 26.8 Å². The lowest BCUT2D eigenvalue weighted by molar-refractivity contribution is -0.116. The fraction of sp³-hybridized carbons (Fsp3) is 0.235. The van der Waals surface area contributed by atoms with E-state index in [1.807, 2.05) is 43.6 Å². The number of nitrogens with zero attached hydrogens (tertiary/aromatic N) is 3. The van der Waals surface area contributed by atoms with Gasteiger partial charge in [0, 0.05) is 34.0 Å². The van der Waals surface area contributed by atoms with Gasteiger partial charge in [0.1, 0.15) is 5.82 Å². The summed E-state index contributed by atoms with van der Waals surface area (Å²) < 4.78 is 1.80. The predicted octanol–water partition coefficient (Wildman–Crippen LogP) is 3.82. The van der Waals surface area contributed by atoms with Crippen LogP contribution < -0.4 is 5.32 Å². The first kappa shape index (κ1) is 15.4. The predicted molar refractivity (Wildman–Crippen MR) is 94.7 cm³/mol. The summed E-state index contributed by atoms with van der Waals surface area (Å²) in [5, 5.41) is 9.13. The van der Waals surface area contributed by atoms with E-state index in [4.69, 9.17) is 11.6 Å². The van der Waals surface area contributed by atoms with Crippen molar-refractivity contribution in [1.29, 1.82) is 0 Å². The number of hydrogen-bond acceptors (Lipinski definition) is 4. The zero-order valence-corrected chi connectivity index (χ0v) is 14.6. The summed E-state index contributed by atoms with van der Waals surface area (Å²) in [4.78, 5) is 17.6. The smallest absolute Gasteiger partial charge is 0.226 e. The van der Waals surface area contributed by atoms with Crippen molar-refractivity contribution >= 4 is 34.7 Å². The highest BCUT2D eigenvalue weighted by Crippen LogP contribution is 2.39. The third-order valence-electron chi connectivity index (χ3n) is 4.15. The molecule has 0 saturated heterocycles. The lowest BCUT2D eigenvalue weighted by atomic mass is 9.93. The highest BCUT2D eigenvalue weighted by molar-refractivity contribution is 7.11. The van der Waals surface area contributed by atoms with Crippen molar-refractivity contribution in [1.82, 2.24) is 14.8 Å². The van der Waals surface area contributed by atoms with Gasteiger partial charge in [0.25, 0.3) is 0 Å². The van der Waals surface area contributed by atoms with Gasteiger partial charge in [-0.15, -0.1) is 11.3 Å². The topological polar surface area (TPSA) is 59.8 Å². The molecule has 0 fully saturated rings. The van der Waals surface area contributed by atoms with Gasteiger partial charge in [-0.25, -0.2) is 9.67 Å². The Bertz CT molecular complexity index is 917. The van der Waals surface area contributed by atoms with E-state index in [-0.39, 0.29) is 11.8 Å². The molecule has 4 rings (SSSR count). The average Bonchev–Trinajstić information content (AvgIpc) is 3.16. The molecule has 7 heteroatoms. The number of rotatable bonds is 3. The molecule has 1 N–H and O–H groups in total. The molecule has 1 aliphatic heterocycles. The number of nitrogens with one attached hydrogen (secondary N) is 1. The molecule has 3 heterocycles. The molecule has 0 spiro atoms. The summed E-state index contributed by atoms with van der Waals surface area (Å²) in [6.45, 7) is 2.49. The van der Waals surface area contributed by atoms with Gasteiger partial charge in [-0.2, -0.15) is 5.10 Å². The van der Waals surface area contributed by atoms with Gasteiger partial charge in [0.05, 0.1) is 17.7 Å². The van der Waals surface area contributed by atoms with E-state index < -0.39 is 0 Å². The number of carbonyl (C=O) groups excluding carboxylic acids is 1. The van der Waals surface area contributed by atoms with Crippen LogP contribution in [-0.2, 0) is 11.3 Å². The molecule has 5 nitrogen and oxygen atoms in total. The second kappa shape index (κ2) is 6.03. The Morgan fingerprint density at radius 1 is 1.38 bits per heavy atom. The molecule has 0 aliphatic carbocycles. The van der Waals surface area contributed by atoms with Crippen LogP contribution in [0.25, 0.3) is 0 Å². The summed E-state index contributed by atoms with van der Waals surface area (Å²) in [6.07, 6.45) is 4.12. The lowest BCUT2D eigenvalue weighted by Crippen LogP contribution is -2.24. The number of benzene rings is 1. The fourth-order valence-corrected chi connectivity index (χ4v) is 4.07. The number of aryl methyl sites for hydroxylation is 1. The van der Waals surface area contributed by atoms with E-state index in [1.54, 1.807) is 16.0 Å². The third-order valence-corrected chi connectivity index (χ3v) is 5.55. The zero-order valence-electron chi connectivity index (χ0n) is 13.0. The summed E-state index contributed by atoms with van der Waals surface area (Å²) in [6, 6.07) is 7.66. The first-order valence-electron chi connectivity index (χ1n) is 7.63. The van der Waals surface area contributed by atoms with E-state index in [2.05, 4.69) is 15.4 Å². The third kappa shape index (κ3) is 2.72. The minimum atomic E-state index is -0.000498. The monoisotopic (exact) mass is 358 g/mol. The van der Waals surface area contributed by atoms with Gasteiger partial charge in [-0.05, 0) is 18.6 Å². The largest absolute Gasteiger partial charge is 0.311 e. The van der Waals surface area contributed by atoms with E-state index in [1.165, 1.54) is 0 Å². The Balaban J connectivity index is 1.72. The van der Waals surface area contributed by atoms with Gasteiger partial charge < -0.3 is 5.32 Å². The molecule has 0 radical (unpaired) electrons. The van der Waals surface area contributed by atoms with Gasteiger partial charge in [-0.1, -0.05) is 29.8 Å². The SMILES string of the molecule is Cc1ncc(C2CC(=O)Nc3c2cnn3Cc2ccccc2Cl)s1. The molecule has 0 bridgehead atoms. The Labute approximate surface area is 148 Å². The standard InChI is InChI=1S/C17H15ClN4OS/c1-10-19-8-15(24-10)12-6-16(23)21-17-13(12)7-20-22(17)9-11-4-2-3-5-14(11)18/h2-5,7-8,12H,6,9H2,1H3,(H,21,23). The molecular weight excluding hydrogens is 344 g/mol. The van der Waals surface area contributed by atoms with Gasteiger partial charge in [-0.3, -0.25) is 4.79 Å². The number of fused-ring (bicyclic) bond motifs is 1. The van der Waals surface area contributed by atoms with Crippen LogP contribution in [0.2, 0.25) is 5.02 Å². The summed E-state index contributed by atoms with van der Waals surface area (Å²) in [7, 11) is 0. The van der Waals surface area contributed by atoms with Crippen molar-refractivity contribution < 1.29 is 4.79 Å². The minimum absolute atomic E-state index is 0.000498. The molecule has 1 atom stereocenters. The van der Waals surface area contributed by atoms with Crippen LogP contribution in [0.15, 0.2) is 36.7 Å². The summed E-state index contributed by atoms with van der Waals surface area (Å²) in [5.41, 5.74) is 2.00. The summed E-state index contributed by atoms with van der Waals surface area (Å²) >= 11 is 7.87. The molecule has 1 aromatic carbocycles. The summed E-state index contributed by atoms with van der Waals surface area (Å²) in [5.74, 6) is 0.765. The second-order valence-corrected chi connectivity index (χ2v) is 7.46. The number of hydrogen-bond donors (Lipinski definition) is 1.